The van der Waals surface area contributed by atoms with E-state index in [0.29, 0.717) is 19.0 Å². The van der Waals surface area contributed by atoms with E-state index in [4.69, 9.17) is 0 Å². The van der Waals surface area contributed by atoms with E-state index < -0.39 is 12.4 Å². The van der Waals surface area contributed by atoms with Gasteiger partial charge in [0.1, 0.15) is 11.6 Å². The topological polar surface area (TPSA) is 44.8 Å². The molecule has 24 heavy (non-hydrogen) atoms. The summed E-state index contributed by atoms with van der Waals surface area (Å²) in [6, 6.07) is 3.34. The Morgan fingerprint density at radius 2 is 2.21 bits per heavy atom. The molecule has 1 aromatic rings. The number of rotatable bonds is 6. The summed E-state index contributed by atoms with van der Waals surface area (Å²) in [4.78, 5) is 15.9. The number of nitrogens with zero attached hydrogens (tertiary/aromatic N) is 2. The molecule has 2 amide bonds. The van der Waals surface area contributed by atoms with E-state index >= 15 is 0 Å². The molecule has 2 rings (SSSR count). The van der Waals surface area contributed by atoms with Gasteiger partial charge in [-0.3, -0.25) is 0 Å². The zero-order chi connectivity index (χ0) is 17.7. The Labute approximate surface area is 139 Å². The van der Waals surface area contributed by atoms with Crippen LogP contribution in [0.25, 0.3) is 0 Å². The van der Waals surface area contributed by atoms with Crippen molar-refractivity contribution in [2.75, 3.05) is 33.7 Å². The molecule has 0 saturated carbocycles. The predicted octanol–water partition coefficient (Wildman–Crippen LogP) is 2.52. The number of carbonyl (C=O) groups excluding carboxylic acids is 1. The van der Waals surface area contributed by atoms with Gasteiger partial charge in [-0.15, -0.1) is 0 Å². The number of hydrogen-bond acceptors (Lipinski definition) is 3. The molecule has 1 atom stereocenters. The van der Waals surface area contributed by atoms with Crippen LogP contribution in [0.1, 0.15) is 12.0 Å². The summed E-state index contributed by atoms with van der Waals surface area (Å²) >= 11 is 0. The summed E-state index contributed by atoms with van der Waals surface area (Å²) in [7, 11) is 3.96. The van der Waals surface area contributed by atoms with E-state index in [1.807, 2.05) is 14.1 Å². The third-order valence-electron chi connectivity index (χ3n) is 3.90. The Morgan fingerprint density at radius 1 is 1.46 bits per heavy atom. The summed E-state index contributed by atoms with van der Waals surface area (Å²) in [5.41, 5.74) is -0.0878. The molecule has 134 valence electrons. The summed E-state index contributed by atoms with van der Waals surface area (Å²) in [6.45, 7) is -1.11. The lowest BCUT2D eigenvalue weighted by Crippen LogP contribution is -2.39. The Bertz CT molecular complexity index is 569. The van der Waals surface area contributed by atoms with Crippen molar-refractivity contribution < 1.29 is 22.7 Å². The number of halogens is 3. The van der Waals surface area contributed by atoms with Crippen molar-refractivity contribution in [2.45, 2.75) is 19.6 Å². The van der Waals surface area contributed by atoms with Gasteiger partial charge in [-0.1, -0.05) is 6.07 Å². The molecule has 5 nitrogen and oxygen atoms in total. The second-order valence-electron chi connectivity index (χ2n) is 6.12. The molecule has 1 saturated heterocycles. The quantitative estimate of drug-likeness (QED) is 0.862. The van der Waals surface area contributed by atoms with E-state index in [2.05, 4.69) is 15.0 Å². The standard InChI is InChI=1S/C16H22F3N3O2/c1-21(2)9-11-6-7-22(10-11)16(23)20-8-12-13(17)4-3-5-14(12)24-15(18)19/h3-5,11,15H,6-10H2,1-2H3,(H,20,23). The van der Waals surface area contributed by atoms with Gasteiger partial charge in [0.25, 0.3) is 0 Å². The second kappa shape index (κ2) is 8.23. The summed E-state index contributed by atoms with van der Waals surface area (Å²) in [5, 5.41) is 2.58. The van der Waals surface area contributed by atoms with Crippen molar-refractivity contribution in [1.82, 2.24) is 15.1 Å². The van der Waals surface area contributed by atoms with Gasteiger partial charge in [-0.2, -0.15) is 8.78 Å². The molecular weight excluding hydrogens is 323 g/mol. The molecular formula is C16H22F3N3O2. The lowest BCUT2D eigenvalue weighted by atomic mass is 10.1. The number of ether oxygens (including phenoxy) is 1. The maximum Gasteiger partial charge on any atom is 0.387 e. The van der Waals surface area contributed by atoms with Crippen molar-refractivity contribution in [3.05, 3.63) is 29.6 Å². The van der Waals surface area contributed by atoms with Crippen LogP contribution in [0, 0.1) is 11.7 Å². The molecule has 0 aromatic heterocycles. The SMILES string of the molecule is CN(C)CC1CCN(C(=O)NCc2c(F)cccc2OC(F)F)C1. The van der Waals surface area contributed by atoms with Gasteiger partial charge >= 0.3 is 12.6 Å². The van der Waals surface area contributed by atoms with Crippen molar-refractivity contribution in [3.63, 3.8) is 0 Å². The molecule has 1 N–H and O–H groups in total. The van der Waals surface area contributed by atoms with Crippen LogP contribution in [0.2, 0.25) is 0 Å². The van der Waals surface area contributed by atoms with E-state index in [-0.39, 0.29) is 23.9 Å². The zero-order valence-corrected chi connectivity index (χ0v) is 13.8. The first kappa shape index (κ1) is 18.4. The van der Waals surface area contributed by atoms with Crippen LogP contribution in [0.4, 0.5) is 18.0 Å². The fourth-order valence-corrected chi connectivity index (χ4v) is 2.88. The van der Waals surface area contributed by atoms with E-state index in [1.165, 1.54) is 12.1 Å². The number of hydrogen-bond donors (Lipinski definition) is 1. The predicted molar refractivity (Wildman–Crippen MR) is 83.5 cm³/mol. The molecule has 1 fully saturated rings. The van der Waals surface area contributed by atoms with Crippen LogP contribution in [-0.2, 0) is 6.54 Å². The Kier molecular flexibility index (Phi) is 6.30. The molecule has 0 bridgehead atoms. The Balaban J connectivity index is 1.93. The zero-order valence-electron chi connectivity index (χ0n) is 13.8. The number of likely N-dealkylation sites (tertiary alicyclic amines) is 1. The maximum atomic E-state index is 13.8. The molecule has 1 aliphatic rings. The minimum absolute atomic E-state index is 0.0878. The minimum atomic E-state index is -3.05. The highest BCUT2D eigenvalue weighted by molar-refractivity contribution is 5.74. The van der Waals surface area contributed by atoms with Gasteiger partial charge in [0.05, 0.1) is 6.54 Å². The van der Waals surface area contributed by atoms with Crippen LogP contribution in [0.3, 0.4) is 0 Å². The second-order valence-corrected chi connectivity index (χ2v) is 6.12. The highest BCUT2D eigenvalue weighted by Crippen LogP contribution is 2.23. The van der Waals surface area contributed by atoms with Crippen molar-refractivity contribution in [3.8, 4) is 5.75 Å². The van der Waals surface area contributed by atoms with Crippen LogP contribution in [0.5, 0.6) is 5.75 Å². The van der Waals surface area contributed by atoms with Crippen LogP contribution < -0.4 is 10.1 Å². The number of benzene rings is 1. The third-order valence-corrected chi connectivity index (χ3v) is 3.90. The Hall–Kier alpha value is -1.96. The first-order valence-corrected chi connectivity index (χ1v) is 7.76. The largest absolute Gasteiger partial charge is 0.434 e. The van der Waals surface area contributed by atoms with Gasteiger partial charge in [0.2, 0.25) is 0 Å². The first-order valence-electron chi connectivity index (χ1n) is 7.76. The number of carbonyl (C=O) groups is 1. The molecule has 0 radical (unpaired) electrons. The number of nitrogens with one attached hydrogen (secondary N) is 1. The van der Waals surface area contributed by atoms with Crippen molar-refractivity contribution >= 4 is 6.03 Å². The van der Waals surface area contributed by atoms with Gasteiger partial charge in [-0.05, 0) is 38.6 Å². The molecule has 1 aliphatic heterocycles. The van der Waals surface area contributed by atoms with E-state index in [9.17, 15) is 18.0 Å². The van der Waals surface area contributed by atoms with Crippen LogP contribution in [-0.4, -0.2) is 56.2 Å². The maximum absolute atomic E-state index is 13.8. The van der Waals surface area contributed by atoms with E-state index in [0.717, 1.165) is 19.0 Å². The number of urea groups is 1. The van der Waals surface area contributed by atoms with Crippen molar-refractivity contribution in [1.29, 1.82) is 0 Å². The summed E-state index contributed by atoms with van der Waals surface area (Å²) in [5.74, 6) is -0.561. The lowest BCUT2D eigenvalue weighted by molar-refractivity contribution is -0.0506. The number of amides is 2. The normalized spacial score (nSPS) is 17.6. The minimum Gasteiger partial charge on any atom is -0.434 e. The van der Waals surface area contributed by atoms with Crippen LogP contribution in [0.15, 0.2) is 18.2 Å². The first-order chi connectivity index (χ1) is 11.4. The van der Waals surface area contributed by atoms with Crippen molar-refractivity contribution in [2.24, 2.45) is 5.92 Å². The molecule has 8 heteroatoms. The van der Waals surface area contributed by atoms with Gasteiger partial charge in [0, 0.05) is 25.2 Å². The summed E-state index contributed by atoms with van der Waals surface area (Å²) in [6.07, 6.45) is 0.908. The molecule has 1 heterocycles. The molecule has 1 aromatic carbocycles. The van der Waals surface area contributed by atoms with Gasteiger partial charge in [-0.25, -0.2) is 9.18 Å². The van der Waals surface area contributed by atoms with Gasteiger partial charge in [0.15, 0.2) is 0 Å². The fraction of sp³-hybridized carbons (Fsp3) is 0.562. The van der Waals surface area contributed by atoms with Crippen LogP contribution >= 0.6 is 0 Å². The fourth-order valence-electron chi connectivity index (χ4n) is 2.88. The average Bonchev–Trinajstić information content (AvgIpc) is 2.93. The molecule has 0 spiro atoms. The highest BCUT2D eigenvalue weighted by atomic mass is 19.3. The van der Waals surface area contributed by atoms with Gasteiger partial charge < -0.3 is 19.9 Å². The smallest absolute Gasteiger partial charge is 0.387 e. The highest BCUT2D eigenvalue weighted by Gasteiger charge is 2.26. The Morgan fingerprint density at radius 3 is 2.88 bits per heavy atom. The molecule has 1 unspecified atom stereocenters. The summed E-state index contributed by atoms with van der Waals surface area (Å²) < 4.78 is 42.9. The third kappa shape index (κ3) is 5.02. The average molecular weight is 345 g/mol. The lowest BCUT2D eigenvalue weighted by Gasteiger charge is -2.19. The van der Waals surface area contributed by atoms with E-state index in [1.54, 1.807) is 4.90 Å². The number of alkyl halides is 2. The monoisotopic (exact) mass is 345 g/mol. The molecule has 0 aliphatic carbocycles.